The molecule has 11 heavy (non-hydrogen) atoms. The molecule has 1 aliphatic heterocycles. The summed E-state index contributed by atoms with van der Waals surface area (Å²) in [6.07, 6.45) is 0.876. The Morgan fingerprint density at radius 3 is 3.00 bits per heavy atom. The van der Waals surface area contributed by atoms with E-state index in [1.54, 1.807) is 7.11 Å². The van der Waals surface area contributed by atoms with Crippen LogP contribution in [0.25, 0.3) is 0 Å². The van der Waals surface area contributed by atoms with Gasteiger partial charge in [-0.2, -0.15) is 0 Å². The molecule has 0 spiro atoms. The monoisotopic (exact) mass is 157 g/mol. The van der Waals surface area contributed by atoms with Crippen LogP contribution >= 0.6 is 0 Å². The van der Waals surface area contributed by atoms with Crippen LogP contribution in [-0.2, 0) is 4.84 Å². The average Bonchev–Trinajstić information content (AvgIpc) is 1.94. The molecule has 1 rings (SSSR count). The number of nitrogens with zero attached hydrogens (tertiary/aromatic N) is 1. The molecule has 1 atom stereocenters. The van der Waals surface area contributed by atoms with E-state index in [0.29, 0.717) is 0 Å². The van der Waals surface area contributed by atoms with Crippen LogP contribution in [0.1, 0.15) is 13.3 Å². The topological polar surface area (TPSA) is 59.6 Å². The van der Waals surface area contributed by atoms with Crippen molar-refractivity contribution in [3.8, 4) is 0 Å². The van der Waals surface area contributed by atoms with E-state index in [4.69, 9.17) is 10.6 Å². The molecule has 1 unspecified atom stereocenters. The highest BCUT2D eigenvalue weighted by Gasteiger charge is 2.29. The van der Waals surface area contributed by atoms with Crippen molar-refractivity contribution in [2.45, 2.75) is 18.9 Å². The maximum Gasteiger partial charge on any atom is 0.106 e. The van der Waals surface area contributed by atoms with Gasteiger partial charge in [0.2, 0.25) is 0 Å². The van der Waals surface area contributed by atoms with Gasteiger partial charge < -0.3 is 15.9 Å². The van der Waals surface area contributed by atoms with Crippen molar-refractivity contribution in [2.75, 3.05) is 20.2 Å². The molecule has 4 heteroatoms. The Morgan fingerprint density at radius 2 is 2.45 bits per heavy atom. The van der Waals surface area contributed by atoms with E-state index in [2.05, 4.69) is 10.5 Å². The zero-order valence-corrected chi connectivity index (χ0v) is 7.05. The first-order chi connectivity index (χ1) is 5.17. The van der Waals surface area contributed by atoms with Gasteiger partial charge in [0, 0.05) is 19.5 Å². The quantitative estimate of drug-likeness (QED) is 0.514. The zero-order chi connectivity index (χ0) is 8.32. The third-order valence-electron chi connectivity index (χ3n) is 1.89. The minimum absolute atomic E-state index is 0.339. The van der Waals surface area contributed by atoms with Gasteiger partial charge in [-0.15, -0.1) is 0 Å². The number of oxime groups is 1. The van der Waals surface area contributed by atoms with E-state index in [9.17, 15) is 0 Å². The third-order valence-corrected chi connectivity index (χ3v) is 1.89. The van der Waals surface area contributed by atoms with Gasteiger partial charge >= 0.3 is 0 Å². The summed E-state index contributed by atoms with van der Waals surface area (Å²) in [5.41, 5.74) is 6.54. The predicted octanol–water partition coefficient (Wildman–Crippen LogP) is -0.300. The maximum absolute atomic E-state index is 5.93. The lowest BCUT2D eigenvalue weighted by atomic mass is 9.91. The highest BCUT2D eigenvalue weighted by atomic mass is 16.6. The van der Waals surface area contributed by atoms with Gasteiger partial charge in [0.15, 0.2) is 0 Å². The fourth-order valence-electron chi connectivity index (χ4n) is 1.20. The summed E-state index contributed by atoms with van der Waals surface area (Å²) in [5, 5.41) is 7.09. The number of hydrogen-bond acceptors (Lipinski definition) is 4. The van der Waals surface area contributed by atoms with Gasteiger partial charge in [0.05, 0.1) is 11.3 Å². The standard InChI is InChI=1S/C7H15N3O/c1-7(8)5-9-4-3-6(7)10-11-2/h9H,3-5,8H2,1-2H3/b10-6+. The molecule has 64 valence electrons. The summed E-state index contributed by atoms with van der Waals surface area (Å²) >= 11 is 0. The van der Waals surface area contributed by atoms with Crippen LogP contribution in [0, 0.1) is 0 Å². The lowest BCUT2D eigenvalue weighted by molar-refractivity contribution is 0.208. The highest BCUT2D eigenvalue weighted by Crippen LogP contribution is 2.09. The lowest BCUT2D eigenvalue weighted by Gasteiger charge is -2.30. The Hall–Kier alpha value is -0.610. The number of nitrogens with two attached hydrogens (primary N) is 1. The summed E-state index contributed by atoms with van der Waals surface area (Å²) in [6, 6.07) is 0. The van der Waals surface area contributed by atoms with Crippen LogP contribution in [0.4, 0.5) is 0 Å². The highest BCUT2D eigenvalue weighted by molar-refractivity contribution is 5.93. The molecule has 1 heterocycles. The average molecular weight is 157 g/mol. The molecule has 0 aliphatic carbocycles. The molecule has 0 aromatic carbocycles. The van der Waals surface area contributed by atoms with Crippen molar-refractivity contribution in [1.29, 1.82) is 0 Å². The second-order valence-electron chi connectivity index (χ2n) is 3.06. The fraction of sp³-hybridized carbons (Fsp3) is 0.857. The van der Waals surface area contributed by atoms with Crippen LogP contribution in [0.3, 0.4) is 0 Å². The van der Waals surface area contributed by atoms with Crippen molar-refractivity contribution in [3.63, 3.8) is 0 Å². The summed E-state index contributed by atoms with van der Waals surface area (Å²) in [4.78, 5) is 4.70. The molecule has 3 N–H and O–H groups in total. The van der Waals surface area contributed by atoms with Crippen molar-refractivity contribution >= 4 is 5.71 Å². The van der Waals surface area contributed by atoms with E-state index in [-0.39, 0.29) is 5.54 Å². The zero-order valence-electron chi connectivity index (χ0n) is 7.05. The number of piperidine rings is 1. The van der Waals surface area contributed by atoms with Crippen LogP contribution < -0.4 is 11.1 Å². The smallest absolute Gasteiger partial charge is 0.106 e. The molecule has 0 radical (unpaired) electrons. The van der Waals surface area contributed by atoms with Crippen molar-refractivity contribution in [3.05, 3.63) is 0 Å². The van der Waals surface area contributed by atoms with Gasteiger partial charge in [-0.1, -0.05) is 5.16 Å². The lowest BCUT2D eigenvalue weighted by Crippen LogP contribution is -2.57. The number of nitrogens with one attached hydrogen (secondary N) is 1. The minimum Gasteiger partial charge on any atom is -0.399 e. The molecule has 0 aromatic heterocycles. The number of hydrogen-bond donors (Lipinski definition) is 2. The second-order valence-corrected chi connectivity index (χ2v) is 3.06. The largest absolute Gasteiger partial charge is 0.399 e. The molecule has 0 amide bonds. The molecule has 0 saturated carbocycles. The van der Waals surface area contributed by atoms with Gasteiger partial charge in [0.25, 0.3) is 0 Å². The van der Waals surface area contributed by atoms with Gasteiger partial charge in [-0.05, 0) is 6.92 Å². The van der Waals surface area contributed by atoms with E-state index in [1.807, 2.05) is 6.92 Å². The molecule has 1 saturated heterocycles. The van der Waals surface area contributed by atoms with Crippen LogP contribution in [0.2, 0.25) is 0 Å². The van der Waals surface area contributed by atoms with E-state index < -0.39 is 0 Å². The molecular formula is C7H15N3O. The Kier molecular flexibility index (Phi) is 2.46. The maximum atomic E-state index is 5.93. The fourth-order valence-corrected chi connectivity index (χ4v) is 1.20. The Morgan fingerprint density at radius 1 is 1.73 bits per heavy atom. The van der Waals surface area contributed by atoms with E-state index in [0.717, 1.165) is 25.2 Å². The normalized spacial score (nSPS) is 35.7. The molecule has 1 fully saturated rings. The van der Waals surface area contributed by atoms with Crippen LogP contribution in [-0.4, -0.2) is 31.4 Å². The Balaban J connectivity index is 2.67. The SMILES string of the molecule is CO/N=C1\CCNCC1(C)N. The van der Waals surface area contributed by atoms with Crippen LogP contribution in [0.5, 0.6) is 0 Å². The van der Waals surface area contributed by atoms with Crippen molar-refractivity contribution < 1.29 is 4.84 Å². The first-order valence-corrected chi connectivity index (χ1v) is 3.77. The van der Waals surface area contributed by atoms with E-state index in [1.165, 1.54) is 0 Å². The summed E-state index contributed by atoms with van der Waals surface area (Å²) in [6.45, 7) is 3.67. The van der Waals surface area contributed by atoms with Gasteiger partial charge in [0.1, 0.15) is 7.11 Å². The molecule has 0 aromatic rings. The number of rotatable bonds is 1. The second kappa shape index (κ2) is 3.19. The first-order valence-electron chi connectivity index (χ1n) is 3.77. The van der Waals surface area contributed by atoms with Gasteiger partial charge in [-0.3, -0.25) is 0 Å². The summed E-state index contributed by atoms with van der Waals surface area (Å²) in [7, 11) is 1.55. The minimum atomic E-state index is -0.339. The Labute approximate surface area is 66.8 Å². The predicted molar refractivity (Wildman–Crippen MR) is 44.5 cm³/mol. The molecule has 4 nitrogen and oxygen atoms in total. The summed E-state index contributed by atoms with van der Waals surface area (Å²) in [5.74, 6) is 0. The molecule has 0 bridgehead atoms. The van der Waals surface area contributed by atoms with Crippen LogP contribution in [0.15, 0.2) is 5.16 Å². The van der Waals surface area contributed by atoms with Crippen molar-refractivity contribution in [2.24, 2.45) is 10.9 Å². The molecule has 1 aliphatic rings. The molecular weight excluding hydrogens is 142 g/mol. The first kappa shape index (κ1) is 8.49. The Bertz CT molecular complexity index is 165. The van der Waals surface area contributed by atoms with E-state index >= 15 is 0 Å². The van der Waals surface area contributed by atoms with Crippen molar-refractivity contribution in [1.82, 2.24) is 5.32 Å². The summed E-state index contributed by atoms with van der Waals surface area (Å²) < 4.78 is 0. The van der Waals surface area contributed by atoms with Gasteiger partial charge in [-0.25, -0.2) is 0 Å². The third kappa shape index (κ3) is 1.91.